The molecule has 0 unspecified atom stereocenters. The average molecular weight is 523 g/mol. The number of esters is 1. The van der Waals surface area contributed by atoms with Crippen LogP contribution >= 0.6 is 0 Å². The van der Waals surface area contributed by atoms with Gasteiger partial charge < -0.3 is 24.6 Å². The van der Waals surface area contributed by atoms with Gasteiger partial charge in [0.15, 0.2) is 11.4 Å². The summed E-state index contributed by atoms with van der Waals surface area (Å²) in [4.78, 5) is 31.5. The highest BCUT2D eigenvalue weighted by Gasteiger charge is 2.81. The molecule has 3 rings (SSSR count). The Morgan fingerprint density at radius 1 is 1.19 bits per heavy atom. The lowest BCUT2D eigenvalue weighted by molar-refractivity contribution is -0.361. The van der Waals surface area contributed by atoms with Crippen molar-refractivity contribution in [1.82, 2.24) is 9.80 Å². The van der Waals surface area contributed by atoms with Crippen LogP contribution in [0.5, 0.6) is 0 Å². The van der Waals surface area contributed by atoms with E-state index in [0.29, 0.717) is 32.5 Å². The molecule has 0 spiro atoms. The van der Waals surface area contributed by atoms with E-state index in [0.717, 1.165) is 0 Å². The molecule has 212 valence electrons. The first kappa shape index (κ1) is 30.2. The average Bonchev–Trinajstić information content (AvgIpc) is 2.80. The molecule has 2 aliphatic carbocycles. The maximum atomic E-state index is 14.2. The Morgan fingerprint density at radius 2 is 1.78 bits per heavy atom. The van der Waals surface area contributed by atoms with Crippen molar-refractivity contribution in [1.29, 1.82) is 0 Å². The number of hydrogen-bond donors (Lipinski definition) is 2. The fraction of sp³-hybridized carbons (Fsp3) is 0.862. The summed E-state index contributed by atoms with van der Waals surface area (Å²) in [6, 6.07) is -0.623. The van der Waals surface area contributed by atoms with Crippen molar-refractivity contribution in [3.05, 3.63) is 12.7 Å². The van der Waals surface area contributed by atoms with E-state index < -0.39 is 51.8 Å². The van der Waals surface area contributed by atoms with Gasteiger partial charge in [-0.25, -0.2) is 0 Å². The Morgan fingerprint density at radius 3 is 2.30 bits per heavy atom. The molecule has 3 aliphatic rings. The zero-order chi connectivity index (χ0) is 28.2. The predicted molar refractivity (Wildman–Crippen MR) is 143 cm³/mol. The molecule has 0 radical (unpaired) electrons. The van der Waals surface area contributed by atoms with E-state index in [1.807, 2.05) is 32.8 Å². The molecule has 1 aliphatic heterocycles. The Bertz CT molecular complexity index is 903. The van der Waals surface area contributed by atoms with Gasteiger partial charge in [-0.15, -0.1) is 6.58 Å². The summed E-state index contributed by atoms with van der Waals surface area (Å²) in [5.74, 6) is -1.18. The number of aliphatic hydroxyl groups excluding tert-OH is 1. The number of Topliss-reactive ketones (excluding diaryl/α,β-unsaturated/α-hetero) is 1. The SMILES string of the molecule is C=C[C@@]1(C)CC(=O)[C@]2(O)[C@@]3(C)[C@@H](O)CCC(C)(C)[C@@H]3[C@H](OC(=O)CCN(C)C)[C@H](N(CC)CC)[C@@]2(C)O1. The third kappa shape index (κ3) is 4.41. The summed E-state index contributed by atoms with van der Waals surface area (Å²) in [5.41, 5.74) is -6.24. The summed E-state index contributed by atoms with van der Waals surface area (Å²) in [6.07, 6.45) is 1.20. The van der Waals surface area contributed by atoms with Crippen molar-refractivity contribution in [3.63, 3.8) is 0 Å². The van der Waals surface area contributed by atoms with Crippen LogP contribution in [0.3, 0.4) is 0 Å². The van der Waals surface area contributed by atoms with Crippen LogP contribution in [-0.2, 0) is 19.1 Å². The number of carbonyl (C=O) groups is 2. The molecule has 2 saturated carbocycles. The number of likely N-dealkylation sites (N-methyl/N-ethyl adjacent to an activating group) is 1. The van der Waals surface area contributed by atoms with Crippen LogP contribution in [-0.4, -0.2) is 101 Å². The van der Waals surface area contributed by atoms with Crippen LogP contribution in [0.4, 0.5) is 0 Å². The number of nitrogens with zero attached hydrogens (tertiary/aromatic N) is 2. The number of ether oxygens (including phenoxy) is 2. The maximum Gasteiger partial charge on any atom is 0.307 e. The van der Waals surface area contributed by atoms with Gasteiger partial charge in [0.05, 0.1) is 24.2 Å². The van der Waals surface area contributed by atoms with Crippen molar-refractivity contribution < 1.29 is 29.3 Å². The third-order valence-corrected chi connectivity index (χ3v) is 9.97. The van der Waals surface area contributed by atoms with E-state index in [4.69, 9.17) is 9.47 Å². The third-order valence-electron chi connectivity index (χ3n) is 9.97. The number of fused-ring (bicyclic) bond motifs is 3. The van der Waals surface area contributed by atoms with Crippen LogP contribution in [0.2, 0.25) is 0 Å². The minimum absolute atomic E-state index is 0.0453. The second-order valence-corrected chi connectivity index (χ2v) is 13.0. The number of carbonyl (C=O) groups excluding carboxylic acids is 2. The second-order valence-electron chi connectivity index (χ2n) is 13.0. The van der Waals surface area contributed by atoms with Crippen molar-refractivity contribution in [2.45, 2.75) is 109 Å². The summed E-state index contributed by atoms with van der Waals surface area (Å²) in [7, 11) is 3.81. The number of aliphatic hydroxyl groups is 2. The minimum Gasteiger partial charge on any atom is -0.460 e. The maximum absolute atomic E-state index is 14.2. The van der Waals surface area contributed by atoms with E-state index in [2.05, 4.69) is 25.3 Å². The summed E-state index contributed by atoms with van der Waals surface area (Å²) in [5, 5.41) is 24.4. The molecule has 0 aromatic heterocycles. The first-order valence-corrected chi connectivity index (χ1v) is 13.8. The molecular weight excluding hydrogens is 472 g/mol. The minimum atomic E-state index is -2.01. The number of rotatable bonds is 8. The fourth-order valence-corrected chi connectivity index (χ4v) is 8.10. The summed E-state index contributed by atoms with van der Waals surface area (Å²) >= 11 is 0. The van der Waals surface area contributed by atoms with Crippen LogP contribution < -0.4 is 0 Å². The highest BCUT2D eigenvalue weighted by atomic mass is 16.6. The Hall–Kier alpha value is -1.32. The molecule has 2 N–H and O–H groups in total. The molecule has 0 aromatic carbocycles. The van der Waals surface area contributed by atoms with Crippen LogP contribution in [0.1, 0.15) is 74.1 Å². The van der Waals surface area contributed by atoms with Gasteiger partial charge in [-0.2, -0.15) is 0 Å². The van der Waals surface area contributed by atoms with E-state index in [-0.39, 0.29) is 24.6 Å². The predicted octanol–water partition coefficient (Wildman–Crippen LogP) is 2.80. The molecule has 0 amide bonds. The van der Waals surface area contributed by atoms with Gasteiger partial charge in [-0.1, -0.05) is 40.7 Å². The zero-order valence-electron chi connectivity index (χ0n) is 24.5. The molecule has 1 heterocycles. The van der Waals surface area contributed by atoms with Crippen molar-refractivity contribution in [2.75, 3.05) is 33.7 Å². The molecule has 37 heavy (non-hydrogen) atoms. The van der Waals surface area contributed by atoms with E-state index >= 15 is 0 Å². The van der Waals surface area contributed by atoms with Gasteiger partial charge in [0.2, 0.25) is 0 Å². The van der Waals surface area contributed by atoms with E-state index in [1.54, 1.807) is 26.8 Å². The van der Waals surface area contributed by atoms with Gasteiger partial charge in [0.25, 0.3) is 0 Å². The highest BCUT2D eigenvalue weighted by molar-refractivity contribution is 5.92. The normalized spacial score (nSPS) is 43.3. The Kier molecular flexibility index (Phi) is 8.18. The lowest BCUT2D eigenvalue weighted by atomic mass is 9.39. The van der Waals surface area contributed by atoms with Gasteiger partial charge in [-0.05, 0) is 59.3 Å². The first-order valence-electron chi connectivity index (χ1n) is 13.8. The molecule has 8 heteroatoms. The standard InChI is InChI=1S/C29H50N2O6/c1-11-26(6)18-20(33)29(35)27(7)19(32)14-16-25(4,5)23(27)22(36-21(34)15-17-30(9)10)24(28(29,8)37-26)31(12-2)13-3/h11,19,22-24,32,35H,1,12-18H2,2-10H3/t19-,22-,23-,24-,26-,27-,28+,29-/m0/s1. The van der Waals surface area contributed by atoms with Crippen molar-refractivity contribution in [3.8, 4) is 0 Å². The Labute approximate surface area is 223 Å². The highest BCUT2D eigenvalue weighted by Crippen LogP contribution is 2.67. The van der Waals surface area contributed by atoms with Crippen molar-refractivity contribution in [2.24, 2.45) is 16.7 Å². The molecular formula is C29H50N2O6. The molecule has 0 aromatic rings. The zero-order valence-corrected chi connectivity index (χ0v) is 24.5. The smallest absolute Gasteiger partial charge is 0.307 e. The van der Waals surface area contributed by atoms with Crippen LogP contribution in [0.25, 0.3) is 0 Å². The summed E-state index contributed by atoms with van der Waals surface area (Å²) in [6.45, 7) is 19.3. The van der Waals surface area contributed by atoms with Gasteiger partial charge in [0, 0.05) is 24.3 Å². The number of ketones is 1. The monoisotopic (exact) mass is 522 g/mol. The van der Waals surface area contributed by atoms with Gasteiger partial charge in [-0.3, -0.25) is 14.5 Å². The van der Waals surface area contributed by atoms with Crippen LogP contribution in [0, 0.1) is 16.7 Å². The topological polar surface area (TPSA) is 99.5 Å². The van der Waals surface area contributed by atoms with Crippen molar-refractivity contribution >= 4 is 11.8 Å². The summed E-state index contributed by atoms with van der Waals surface area (Å²) < 4.78 is 13.2. The van der Waals surface area contributed by atoms with Gasteiger partial charge >= 0.3 is 5.97 Å². The quantitative estimate of drug-likeness (QED) is 0.371. The Balaban J connectivity index is 2.33. The molecule has 3 fully saturated rings. The van der Waals surface area contributed by atoms with E-state index in [9.17, 15) is 19.8 Å². The lowest BCUT2D eigenvalue weighted by Crippen LogP contribution is -2.88. The molecule has 8 atom stereocenters. The molecule has 0 bridgehead atoms. The van der Waals surface area contributed by atoms with Crippen LogP contribution in [0.15, 0.2) is 12.7 Å². The lowest BCUT2D eigenvalue weighted by Gasteiger charge is -2.73. The molecule has 1 saturated heterocycles. The first-order chi connectivity index (χ1) is 17.0. The number of hydrogen-bond acceptors (Lipinski definition) is 8. The van der Waals surface area contributed by atoms with Gasteiger partial charge in [0.1, 0.15) is 11.7 Å². The van der Waals surface area contributed by atoms with E-state index in [1.165, 1.54) is 0 Å². The fourth-order valence-electron chi connectivity index (χ4n) is 8.10. The molecule has 8 nitrogen and oxygen atoms in total. The largest absolute Gasteiger partial charge is 0.460 e. The second kappa shape index (κ2) is 10.0.